The molecule has 0 aromatic carbocycles. The molecule has 2 aliphatic heterocycles. The third-order valence-electron chi connectivity index (χ3n) is 3.86. The van der Waals surface area contributed by atoms with Gasteiger partial charge in [0.15, 0.2) is 0 Å². The lowest BCUT2D eigenvalue weighted by Crippen LogP contribution is -2.50. The third kappa shape index (κ3) is 1.33. The van der Waals surface area contributed by atoms with Crippen LogP contribution in [0.5, 0.6) is 5.75 Å². The van der Waals surface area contributed by atoms with Crippen LogP contribution >= 0.6 is 0 Å². The molecular formula is C12H17N3O. The van der Waals surface area contributed by atoms with E-state index in [0.29, 0.717) is 0 Å². The summed E-state index contributed by atoms with van der Waals surface area (Å²) >= 11 is 0. The van der Waals surface area contributed by atoms with E-state index in [0.717, 1.165) is 37.2 Å². The van der Waals surface area contributed by atoms with E-state index in [1.165, 1.54) is 0 Å². The lowest BCUT2D eigenvalue weighted by molar-refractivity contribution is 0.00754. The molecule has 3 rings (SSSR count). The summed E-state index contributed by atoms with van der Waals surface area (Å²) in [6.07, 6.45) is 5.60. The predicted molar refractivity (Wildman–Crippen MR) is 61.3 cm³/mol. The molecule has 4 heteroatoms. The van der Waals surface area contributed by atoms with E-state index in [1.807, 2.05) is 12.3 Å². The molecule has 4 nitrogen and oxygen atoms in total. The first kappa shape index (κ1) is 10.1. The zero-order valence-corrected chi connectivity index (χ0v) is 9.52. The number of ether oxygens (including phenoxy) is 1. The summed E-state index contributed by atoms with van der Waals surface area (Å²) in [5.41, 5.74) is 7.20. The van der Waals surface area contributed by atoms with Gasteiger partial charge in [0, 0.05) is 43.9 Å². The lowest BCUT2D eigenvalue weighted by Gasteiger charge is -2.39. The molecule has 1 fully saturated rings. The molecule has 2 N–H and O–H groups in total. The van der Waals surface area contributed by atoms with Crippen LogP contribution in [-0.2, 0) is 0 Å². The van der Waals surface area contributed by atoms with E-state index in [1.54, 1.807) is 6.20 Å². The van der Waals surface area contributed by atoms with Gasteiger partial charge in [-0.15, -0.1) is 0 Å². The largest absolute Gasteiger partial charge is 0.485 e. The second kappa shape index (κ2) is 3.43. The van der Waals surface area contributed by atoms with Gasteiger partial charge >= 0.3 is 0 Å². The highest BCUT2D eigenvalue weighted by atomic mass is 16.5. The van der Waals surface area contributed by atoms with Crippen LogP contribution in [0.15, 0.2) is 18.5 Å². The fourth-order valence-corrected chi connectivity index (χ4v) is 2.70. The molecule has 0 amide bonds. The van der Waals surface area contributed by atoms with Crippen molar-refractivity contribution < 1.29 is 4.74 Å². The first-order valence-corrected chi connectivity index (χ1v) is 5.78. The first-order valence-electron chi connectivity index (χ1n) is 5.78. The smallest absolute Gasteiger partial charge is 0.131 e. The molecule has 16 heavy (non-hydrogen) atoms. The van der Waals surface area contributed by atoms with Crippen LogP contribution in [-0.4, -0.2) is 35.6 Å². The van der Waals surface area contributed by atoms with Gasteiger partial charge < -0.3 is 15.4 Å². The van der Waals surface area contributed by atoms with Gasteiger partial charge in [0.25, 0.3) is 0 Å². The molecular weight excluding hydrogens is 202 g/mol. The van der Waals surface area contributed by atoms with Crippen molar-refractivity contribution in [2.45, 2.75) is 24.5 Å². The summed E-state index contributed by atoms with van der Waals surface area (Å²) in [4.78, 5) is 6.45. The molecule has 86 valence electrons. The number of aromatic nitrogens is 1. The number of nitrogens with zero attached hydrogens (tertiary/aromatic N) is 2. The molecule has 0 radical (unpaired) electrons. The Hall–Kier alpha value is -1.13. The molecule has 1 saturated heterocycles. The normalized spacial score (nSPS) is 27.8. The molecule has 0 saturated carbocycles. The van der Waals surface area contributed by atoms with Crippen molar-refractivity contribution in [1.29, 1.82) is 0 Å². The minimum atomic E-state index is -0.183. The quantitative estimate of drug-likeness (QED) is 0.705. The van der Waals surface area contributed by atoms with Gasteiger partial charge in [-0.2, -0.15) is 0 Å². The van der Waals surface area contributed by atoms with Gasteiger partial charge in [-0.3, -0.25) is 4.98 Å². The Labute approximate surface area is 95.4 Å². The summed E-state index contributed by atoms with van der Waals surface area (Å²) < 4.78 is 6.10. The molecule has 1 atom stereocenters. The van der Waals surface area contributed by atoms with E-state index in [4.69, 9.17) is 10.5 Å². The molecule has 1 unspecified atom stereocenters. The maximum Gasteiger partial charge on any atom is 0.131 e. The number of fused-ring (bicyclic) bond motifs is 1. The Morgan fingerprint density at radius 2 is 2.25 bits per heavy atom. The highest BCUT2D eigenvalue weighted by molar-refractivity contribution is 5.40. The van der Waals surface area contributed by atoms with Gasteiger partial charge in [-0.1, -0.05) is 0 Å². The van der Waals surface area contributed by atoms with Gasteiger partial charge in [0.05, 0.1) is 6.04 Å². The molecule has 0 bridgehead atoms. The number of likely N-dealkylation sites (tertiary alicyclic amines) is 1. The maximum absolute atomic E-state index is 6.32. The van der Waals surface area contributed by atoms with Crippen LogP contribution in [0.25, 0.3) is 0 Å². The van der Waals surface area contributed by atoms with Crippen LogP contribution in [0, 0.1) is 0 Å². The molecule has 1 spiro atoms. The average molecular weight is 219 g/mol. The van der Waals surface area contributed by atoms with Crippen molar-refractivity contribution in [2.24, 2.45) is 5.73 Å². The highest BCUT2D eigenvalue weighted by Crippen LogP contribution is 2.46. The summed E-state index contributed by atoms with van der Waals surface area (Å²) in [5.74, 6) is 0.923. The minimum absolute atomic E-state index is 0.0232. The van der Waals surface area contributed by atoms with Gasteiger partial charge in [-0.25, -0.2) is 0 Å². The van der Waals surface area contributed by atoms with Crippen molar-refractivity contribution in [3.8, 4) is 5.75 Å². The predicted octanol–water partition coefficient (Wildman–Crippen LogP) is 0.938. The van der Waals surface area contributed by atoms with E-state index >= 15 is 0 Å². The molecule has 1 aromatic heterocycles. The van der Waals surface area contributed by atoms with Crippen LogP contribution in [0.3, 0.4) is 0 Å². The second-order valence-electron chi connectivity index (χ2n) is 4.86. The summed E-state index contributed by atoms with van der Waals surface area (Å²) in [6.45, 7) is 2.10. The molecule has 0 aliphatic carbocycles. The molecule has 1 aromatic rings. The zero-order valence-electron chi connectivity index (χ0n) is 9.52. The van der Waals surface area contributed by atoms with Gasteiger partial charge in [0.1, 0.15) is 11.4 Å². The maximum atomic E-state index is 6.32. The van der Waals surface area contributed by atoms with Crippen molar-refractivity contribution in [3.63, 3.8) is 0 Å². The third-order valence-corrected chi connectivity index (χ3v) is 3.86. The lowest BCUT2D eigenvalue weighted by atomic mass is 9.83. The number of rotatable bonds is 0. The fourth-order valence-electron chi connectivity index (χ4n) is 2.70. The Morgan fingerprint density at radius 3 is 2.94 bits per heavy atom. The average Bonchev–Trinajstić information content (AvgIpc) is 2.58. The van der Waals surface area contributed by atoms with E-state index in [-0.39, 0.29) is 11.6 Å². The van der Waals surface area contributed by atoms with Gasteiger partial charge in [-0.05, 0) is 13.1 Å². The molecule has 2 aliphatic rings. The van der Waals surface area contributed by atoms with Gasteiger partial charge in [0.2, 0.25) is 0 Å². The van der Waals surface area contributed by atoms with Crippen molar-refractivity contribution in [3.05, 3.63) is 24.0 Å². The van der Waals surface area contributed by atoms with E-state index < -0.39 is 0 Å². The standard InChI is InChI=1S/C12H17N3O/c1-15-6-3-12(4-7-15)11(13)9-8-14-5-2-10(9)16-12/h2,5,8,11H,3-4,6-7,13H2,1H3. The Kier molecular flexibility index (Phi) is 2.16. The van der Waals surface area contributed by atoms with Crippen LogP contribution in [0.1, 0.15) is 24.4 Å². The molecule has 3 heterocycles. The number of hydrogen-bond acceptors (Lipinski definition) is 4. The van der Waals surface area contributed by atoms with Crippen LogP contribution in [0.2, 0.25) is 0 Å². The van der Waals surface area contributed by atoms with E-state index in [9.17, 15) is 0 Å². The highest BCUT2D eigenvalue weighted by Gasteiger charge is 2.47. The Bertz CT molecular complexity index is 399. The second-order valence-corrected chi connectivity index (χ2v) is 4.86. The number of nitrogens with two attached hydrogens (primary N) is 1. The Morgan fingerprint density at radius 1 is 1.50 bits per heavy atom. The van der Waals surface area contributed by atoms with Crippen molar-refractivity contribution in [1.82, 2.24) is 9.88 Å². The SMILES string of the molecule is CN1CCC2(CC1)Oc1ccncc1C2N. The van der Waals surface area contributed by atoms with Crippen molar-refractivity contribution >= 4 is 0 Å². The van der Waals surface area contributed by atoms with Crippen molar-refractivity contribution in [2.75, 3.05) is 20.1 Å². The fraction of sp³-hybridized carbons (Fsp3) is 0.583. The summed E-state index contributed by atoms with van der Waals surface area (Å²) in [7, 11) is 2.14. The van der Waals surface area contributed by atoms with Crippen LogP contribution < -0.4 is 10.5 Å². The monoisotopic (exact) mass is 219 g/mol. The van der Waals surface area contributed by atoms with E-state index in [2.05, 4.69) is 16.9 Å². The topological polar surface area (TPSA) is 51.4 Å². The number of hydrogen-bond donors (Lipinski definition) is 1. The number of pyridine rings is 1. The summed E-state index contributed by atoms with van der Waals surface area (Å²) in [6, 6.07) is 1.90. The summed E-state index contributed by atoms with van der Waals surface area (Å²) in [5, 5.41) is 0. The zero-order chi connectivity index (χ0) is 11.2. The number of piperidine rings is 1. The Balaban J connectivity index is 1.91. The minimum Gasteiger partial charge on any atom is -0.485 e. The van der Waals surface area contributed by atoms with Crippen LogP contribution in [0.4, 0.5) is 0 Å². The first-order chi connectivity index (χ1) is 7.71.